The van der Waals surface area contributed by atoms with Crippen LogP contribution in [0.5, 0.6) is 0 Å². The second kappa shape index (κ2) is 7.98. The van der Waals surface area contributed by atoms with Crippen molar-refractivity contribution in [3.63, 3.8) is 0 Å². The van der Waals surface area contributed by atoms with Crippen molar-refractivity contribution < 1.29 is 0 Å². The third-order valence-electron chi connectivity index (χ3n) is 3.75. The molecule has 0 aromatic carbocycles. The van der Waals surface area contributed by atoms with Gasteiger partial charge in [-0.2, -0.15) is 0 Å². The Bertz CT molecular complexity index is 377. The predicted octanol–water partition coefficient (Wildman–Crippen LogP) is 3.37. The van der Waals surface area contributed by atoms with Crippen LogP contribution in [0, 0.1) is 0 Å². The molecular weight excluding hydrogens is 302 g/mol. The van der Waals surface area contributed by atoms with Gasteiger partial charge in [-0.15, -0.1) is 0 Å². The molecule has 0 aliphatic carbocycles. The molecule has 1 fully saturated rings. The third kappa shape index (κ3) is 4.55. The van der Waals surface area contributed by atoms with E-state index in [-0.39, 0.29) is 0 Å². The molecule has 1 N–H and O–H groups in total. The molecule has 0 unspecified atom stereocenters. The number of pyridine rings is 1. The van der Waals surface area contributed by atoms with Crippen molar-refractivity contribution in [1.82, 2.24) is 15.2 Å². The molecule has 3 nitrogen and oxygen atoms in total. The van der Waals surface area contributed by atoms with E-state index >= 15 is 0 Å². The van der Waals surface area contributed by atoms with E-state index in [2.05, 4.69) is 50.2 Å². The molecule has 1 saturated heterocycles. The second-order valence-electron chi connectivity index (χ2n) is 5.18. The Morgan fingerprint density at radius 1 is 1.32 bits per heavy atom. The van der Waals surface area contributed by atoms with Crippen molar-refractivity contribution in [2.24, 2.45) is 0 Å². The number of hydrogen-bond acceptors (Lipinski definition) is 3. The smallest absolute Gasteiger partial charge is 0.106 e. The Morgan fingerprint density at radius 3 is 2.79 bits per heavy atom. The topological polar surface area (TPSA) is 28.2 Å². The van der Waals surface area contributed by atoms with Crippen molar-refractivity contribution in [2.75, 3.05) is 26.2 Å². The van der Waals surface area contributed by atoms with Crippen LogP contribution in [0.25, 0.3) is 0 Å². The van der Waals surface area contributed by atoms with Crippen molar-refractivity contribution in [3.05, 3.63) is 28.5 Å². The summed E-state index contributed by atoms with van der Waals surface area (Å²) in [5, 5.41) is 3.43. The third-order valence-corrected chi connectivity index (χ3v) is 4.19. The first kappa shape index (κ1) is 14.9. The minimum atomic E-state index is 0.478. The number of nitrogens with zero attached hydrogens (tertiary/aromatic N) is 2. The highest BCUT2D eigenvalue weighted by molar-refractivity contribution is 9.10. The first-order chi connectivity index (χ1) is 9.31. The summed E-state index contributed by atoms with van der Waals surface area (Å²) in [5.74, 6) is 0. The van der Waals surface area contributed by atoms with E-state index in [9.17, 15) is 0 Å². The monoisotopic (exact) mass is 325 g/mol. The van der Waals surface area contributed by atoms with Crippen molar-refractivity contribution in [1.29, 1.82) is 0 Å². The van der Waals surface area contributed by atoms with Gasteiger partial charge >= 0.3 is 0 Å². The molecule has 0 bridgehead atoms. The van der Waals surface area contributed by atoms with E-state index < -0.39 is 0 Å². The number of nitrogens with one attached hydrogen (secondary N) is 1. The van der Waals surface area contributed by atoms with Gasteiger partial charge in [0.1, 0.15) is 4.60 Å². The van der Waals surface area contributed by atoms with E-state index in [0.717, 1.165) is 30.8 Å². The van der Waals surface area contributed by atoms with Crippen LogP contribution in [-0.4, -0.2) is 36.1 Å². The molecule has 0 spiro atoms. The minimum absolute atomic E-state index is 0.478. The van der Waals surface area contributed by atoms with Crippen LogP contribution in [0.4, 0.5) is 0 Å². The summed E-state index contributed by atoms with van der Waals surface area (Å²) in [7, 11) is 0. The SMILES string of the molecule is CCCCC[C@@H](c1cccc(Br)n1)N1CCNCC1. The van der Waals surface area contributed by atoms with Gasteiger partial charge in [0.05, 0.1) is 11.7 Å². The number of piperazine rings is 1. The fourth-order valence-corrected chi connectivity index (χ4v) is 3.07. The normalized spacial score (nSPS) is 18.4. The van der Waals surface area contributed by atoms with Crippen molar-refractivity contribution >= 4 is 15.9 Å². The maximum Gasteiger partial charge on any atom is 0.106 e. The Labute approximate surface area is 124 Å². The van der Waals surface area contributed by atoms with Crippen molar-refractivity contribution in [3.8, 4) is 0 Å². The lowest BCUT2D eigenvalue weighted by Crippen LogP contribution is -2.45. The van der Waals surface area contributed by atoms with E-state index in [1.165, 1.54) is 31.4 Å². The molecule has 19 heavy (non-hydrogen) atoms. The van der Waals surface area contributed by atoms with Crippen LogP contribution in [0.3, 0.4) is 0 Å². The van der Waals surface area contributed by atoms with Gasteiger partial charge in [0.15, 0.2) is 0 Å². The number of rotatable bonds is 6. The maximum absolute atomic E-state index is 4.68. The van der Waals surface area contributed by atoms with Crippen LogP contribution in [0.2, 0.25) is 0 Å². The fourth-order valence-electron chi connectivity index (χ4n) is 2.71. The largest absolute Gasteiger partial charge is 0.314 e. The van der Waals surface area contributed by atoms with Gasteiger partial charge in [0, 0.05) is 26.2 Å². The summed E-state index contributed by atoms with van der Waals surface area (Å²) in [6.07, 6.45) is 5.10. The summed E-state index contributed by atoms with van der Waals surface area (Å²) >= 11 is 3.49. The molecule has 1 aliphatic heterocycles. The van der Waals surface area contributed by atoms with Crippen LogP contribution in [-0.2, 0) is 0 Å². The summed E-state index contributed by atoms with van der Waals surface area (Å²) in [5.41, 5.74) is 1.22. The quantitative estimate of drug-likeness (QED) is 0.642. The summed E-state index contributed by atoms with van der Waals surface area (Å²) in [6, 6.07) is 6.75. The highest BCUT2D eigenvalue weighted by Gasteiger charge is 2.22. The van der Waals surface area contributed by atoms with E-state index in [4.69, 9.17) is 0 Å². The zero-order chi connectivity index (χ0) is 13.5. The number of halogens is 1. The van der Waals surface area contributed by atoms with E-state index in [1.54, 1.807) is 0 Å². The fraction of sp³-hybridized carbons (Fsp3) is 0.667. The van der Waals surface area contributed by atoms with E-state index in [1.807, 2.05) is 6.07 Å². The van der Waals surface area contributed by atoms with Gasteiger partial charge in [-0.25, -0.2) is 4.98 Å². The molecule has 0 radical (unpaired) electrons. The average molecular weight is 326 g/mol. The lowest BCUT2D eigenvalue weighted by Gasteiger charge is -2.34. The first-order valence-corrected chi connectivity index (χ1v) is 8.18. The van der Waals surface area contributed by atoms with Gasteiger partial charge in [-0.05, 0) is 34.5 Å². The van der Waals surface area contributed by atoms with E-state index in [0.29, 0.717) is 6.04 Å². The molecule has 2 heterocycles. The zero-order valence-corrected chi connectivity index (χ0v) is 13.3. The summed E-state index contributed by atoms with van der Waals surface area (Å²) < 4.78 is 0.945. The molecule has 0 saturated carbocycles. The molecule has 4 heteroatoms. The van der Waals surface area contributed by atoms with Crippen LogP contribution in [0.1, 0.15) is 44.3 Å². The van der Waals surface area contributed by atoms with Gasteiger partial charge in [-0.3, -0.25) is 4.90 Å². The molecule has 1 aliphatic rings. The Balaban J connectivity index is 2.08. The Hall–Kier alpha value is -0.450. The highest BCUT2D eigenvalue weighted by atomic mass is 79.9. The molecule has 1 aromatic heterocycles. The second-order valence-corrected chi connectivity index (χ2v) is 6.00. The van der Waals surface area contributed by atoms with Gasteiger partial charge in [-0.1, -0.05) is 32.3 Å². The zero-order valence-electron chi connectivity index (χ0n) is 11.7. The predicted molar refractivity (Wildman–Crippen MR) is 83.3 cm³/mol. The standard InChI is InChI=1S/C15H24BrN3/c1-2-3-4-7-14(19-11-9-17-10-12-19)13-6-5-8-15(16)18-13/h5-6,8,14,17H,2-4,7,9-12H2,1H3/t14-/m0/s1. The van der Waals surface area contributed by atoms with Crippen LogP contribution >= 0.6 is 15.9 Å². The lowest BCUT2D eigenvalue weighted by atomic mass is 10.0. The van der Waals surface area contributed by atoms with Crippen molar-refractivity contribution in [2.45, 2.75) is 38.6 Å². The minimum Gasteiger partial charge on any atom is -0.314 e. The van der Waals surface area contributed by atoms with Gasteiger partial charge in [0.25, 0.3) is 0 Å². The molecule has 1 atom stereocenters. The number of unbranched alkanes of at least 4 members (excludes halogenated alkanes) is 2. The molecule has 2 rings (SSSR count). The first-order valence-electron chi connectivity index (χ1n) is 7.38. The van der Waals surface area contributed by atoms with Gasteiger partial charge in [0.2, 0.25) is 0 Å². The van der Waals surface area contributed by atoms with Gasteiger partial charge < -0.3 is 5.32 Å². The molecule has 106 valence electrons. The Kier molecular flexibility index (Phi) is 6.28. The highest BCUT2D eigenvalue weighted by Crippen LogP contribution is 2.26. The summed E-state index contributed by atoms with van der Waals surface area (Å²) in [6.45, 7) is 6.71. The molecule has 1 aromatic rings. The lowest BCUT2D eigenvalue weighted by molar-refractivity contribution is 0.159. The molecular formula is C15H24BrN3. The Morgan fingerprint density at radius 2 is 2.11 bits per heavy atom. The number of aromatic nitrogens is 1. The number of hydrogen-bond donors (Lipinski definition) is 1. The molecule has 0 amide bonds. The van der Waals surface area contributed by atoms with Crippen LogP contribution < -0.4 is 5.32 Å². The average Bonchev–Trinajstić information content (AvgIpc) is 2.45. The summed E-state index contributed by atoms with van der Waals surface area (Å²) in [4.78, 5) is 7.27. The maximum atomic E-state index is 4.68. The van der Waals surface area contributed by atoms with Crippen LogP contribution in [0.15, 0.2) is 22.8 Å².